The Hall–Kier alpha value is -2.64. The molecule has 2 aromatic carbocycles. The summed E-state index contributed by atoms with van der Waals surface area (Å²) in [7, 11) is -2.36. The first-order valence-electron chi connectivity index (χ1n) is 7.89. The van der Waals surface area contributed by atoms with Crippen molar-refractivity contribution in [3.8, 4) is 0 Å². The summed E-state index contributed by atoms with van der Waals surface area (Å²) in [6.45, 7) is 1.93. The third kappa shape index (κ3) is 3.63. The van der Waals surface area contributed by atoms with Crippen LogP contribution in [0.15, 0.2) is 70.9 Å². The van der Waals surface area contributed by atoms with Crippen LogP contribution in [0, 0.1) is 6.92 Å². The van der Waals surface area contributed by atoms with Crippen LogP contribution < -0.4 is 9.62 Å². The van der Waals surface area contributed by atoms with Crippen LogP contribution in [0.5, 0.6) is 0 Å². The molecule has 3 aromatic rings. The maximum absolute atomic E-state index is 13.0. The van der Waals surface area contributed by atoms with Crippen LogP contribution in [0.2, 0.25) is 0 Å². The number of benzene rings is 2. The topological polar surface area (TPSA) is 66.5 Å². The number of thiophene rings is 1. The van der Waals surface area contributed by atoms with E-state index in [1.165, 1.54) is 17.4 Å². The summed E-state index contributed by atoms with van der Waals surface area (Å²) >= 11 is 1.10. The van der Waals surface area contributed by atoms with Gasteiger partial charge in [0.2, 0.25) is 0 Å². The van der Waals surface area contributed by atoms with Crippen LogP contribution in [0.1, 0.15) is 15.2 Å². The molecule has 0 aliphatic heterocycles. The molecule has 0 saturated carbocycles. The minimum absolute atomic E-state index is 0.000920. The average Bonchev–Trinajstić information content (AvgIpc) is 3.13. The van der Waals surface area contributed by atoms with Gasteiger partial charge >= 0.3 is 0 Å². The third-order valence-electron chi connectivity index (χ3n) is 3.90. The van der Waals surface area contributed by atoms with Gasteiger partial charge in [-0.15, -0.1) is 11.3 Å². The number of hydrogen-bond acceptors (Lipinski definition) is 4. The standard InChI is InChI=1S/C19H18N2O3S2/c1-14-8-10-16(11-9-14)21(2)26(23,24)17-12-13-25-18(17)19(22)20-15-6-4-3-5-7-15/h3-13H,1-2H3,(H,20,22). The Morgan fingerprint density at radius 2 is 1.65 bits per heavy atom. The minimum Gasteiger partial charge on any atom is -0.321 e. The van der Waals surface area contributed by atoms with Gasteiger partial charge in [0.1, 0.15) is 9.77 Å². The molecule has 5 nitrogen and oxygen atoms in total. The highest BCUT2D eigenvalue weighted by molar-refractivity contribution is 7.93. The van der Waals surface area contributed by atoms with Crippen LogP contribution in [-0.2, 0) is 10.0 Å². The molecule has 0 spiro atoms. The molecule has 0 unspecified atom stereocenters. The second kappa shape index (κ2) is 7.31. The zero-order valence-electron chi connectivity index (χ0n) is 14.3. The molecular weight excluding hydrogens is 368 g/mol. The van der Waals surface area contributed by atoms with E-state index in [0.29, 0.717) is 11.4 Å². The lowest BCUT2D eigenvalue weighted by atomic mass is 10.2. The highest BCUT2D eigenvalue weighted by Gasteiger charge is 2.28. The fraction of sp³-hybridized carbons (Fsp3) is 0.105. The zero-order valence-corrected chi connectivity index (χ0v) is 16.0. The molecule has 0 atom stereocenters. The first-order valence-corrected chi connectivity index (χ1v) is 10.2. The van der Waals surface area contributed by atoms with E-state index >= 15 is 0 Å². The molecule has 1 heterocycles. The Labute approximate surface area is 157 Å². The number of carbonyl (C=O) groups is 1. The summed E-state index contributed by atoms with van der Waals surface area (Å²) in [5, 5.41) is 4.34. The fourth-order valence-electron chi connectivity index (χ4n) is 2.42. The second-order valence-electron chi connectivity index (χ2n) is 5.74. The molecule has 0 aliphatic carbocycles. The van der Waals surface area contributed by atoms with Gasteiger partial charge in [-0.25, -0.2) is 8.42 Å². The van der Waals surface area contributed by atoms with E-state index in [4.69, 9.17) is 0 Å². The van der Waals surface area contributed by atoms with Gasteiger partial charge in [0.25, 0.3) is 15.9 Å². The quantitative estimate of drug-likeness (QED) is 0.717. The Kier molecular flexibility index (Phi) is 5.11. The SMILES string of the molecule is Cc1ccc(N(C)S(=O)(=O)c2ccsc2C(=O)Nc2ccccc2)cc1. The van der Waals surface area contributed by atoms with E-state index in [-0.39, 0.29) is 9.77 Å². The highest BCUT2D eigenvalue weighted by atomic mass is 32.2. The number of para-hydroxylation sites is 1. The summed E-state index contributed by atoms with van der Waals surface area (Å²) in [6, 6.07) is 17.6. The van der Waals surface area contributed by atoms with E-state index in [2.05, 4.69) is 5.32 Å². The van der Waals surface area contributed by atoms with Crippen molar-refractivity contribution in [2.75, 3.05) is 16.7 Å². The number of nitrogens with one attached hydrogen (secondary N) is 1. The summed E-state index contributed by atoms with van der Waals surface area (Å²) in [5.74, 6) is -0.443. The molecule has 1 amide bonds. The van der Waals surface area contributed by atoms with Crippen molar-refractivity contribution < 1.29 is 13.2 Å². The van der Waals surface area contributed by atoms with Crippen molar-refractivity contribution in [3.63, 3.8) is 0 Å². The normalized spacial score (nSPS) is 11.2. The number of rotatable bonds is 5. The molecule has 3 rings (SSSR count). The van der Waals surface area contributed by atoms with Gasteiger partial charge in [-0.1, -0.05) is 35.9 Å². The van der Waals surface area contributed by atoms with Crippen LogP contribution in [-0.4, -0.2) is 21.4 Å². The molecule has 26 heavy (non-hydrogen) atoms. The lowest BCUT2D eigenvalue weighted by Crippen LogP contribution is -2.28. The third-order valence-corrected chi connectivity index (χ3v) is 6.77. The summed E-state index contributed by atoms with van der Waals surface area (Å²) in [6.07, 6.45) is 0. The van der Waals surface area contributed by atoms with E-state index in [9.17, 15) is 13.2 Å². The number of nitrogens with zero attached hydrogens (tertiary/aromatic N) is 1. The molecule has 0 saturated heterocycles. The number of anilines is 2. The first-order chi connectivity index (χ1) is 12.4. The van der Waals surface area contributed by atoms with Gasteiger partial charge in [0.05, 0.1) is 5.69 Å². The number of carbonyl (C=O) groups excluding carboxylic acids is 1. The average molecular weight is 386 g/mol. The number of aryl methyl sites for hydroxylation is 1. The largest absolute Gasteiger partial charge is 0.321 e. The maximum atomic E-state index is 13.0. The van der Waals surface area contributed by atoms with Gasteiger partial charge in [-0.05, 0) is 42.6 Å². The summed E-state index contributed by atoms with van der Waals surface area (Å²) < 4.78 is 27.2. The van der Waals surface area contributed by atoms with Gasteiger partial charge in [-0.2, -0.15) is 0 Å². The second-order valence-corrected chi connectivity index (χ2v) is 8.60. The Balaban J connectivity index is 1.91. The number of sulfonamides is 1. The van der Waals surface area contributed by atoms with Crippen LogP contribution in [0.25, 0.3) is 0 Å². The van der Waals surface area contributed by atoms with Gasteiger partial charge < -0.3 is 5.32 Å². The van der Waals surface area contributed by atoms with Crippen molar-refractivity contribution in [1.29, 1.82) is 0 Å². The predicted octanol–water partition coefficient (Wildman–Crippen LogP) is 4.13. The van der Waals surface area contributed by atoms with E-state index in [0.717, 1.165) is 16.9 Å². The first kappa shape index (κ1) is 18.2. The highest BCUT2D eigenvalue weighted by Crippen LogP contribution is 2.28. The lowest BCUT2D eigenvalue weighted by molar-refractivity contribution is 0.102. The number of amides is 1. The van der Waals surface area contributed by atoms with Crippen LogP contribution in [0.4, 0.5) is 11.4 Å². The minimum atomic E-state index is -3.85. The van der Waals surface area contributed by atoms with E-state index in [1.54, 1.807) is 41.8 Å². The fourth-order valence-corrected chi connectivity index (χ4v) is 4.91. The number of hydrogen-bond donors (Lipinski definition) is 1. The Morgan fingerprint density at radius 3 is 2.31 bits per heavy atom. The molecule has 7 heteroatoms. The van der Waals surface area contributed by atoms with Crippen molar-refractivity contribution in [2.24, 2.45) is 0 Å². The predicted molar refractivity (Wildman–Crippen MR) is 105 cm³/mol. The van der Waals surface area contributed by atoms with Gasteiger partial charge in [-0.3, -0.25) is 9.10 Å². The molecule has 0 bridgehead atoms. The summed E-state index contributed by atoms with van der Waals surface area (Å²) in [4.78, 5) is 12.7. The van der Waals surface area contributed by atoms with Gasteiger partial charge in [0.15, 0.2) is 0 Å². The van der Waals surface area contributed by atoms with Gasteiger partial charge in [0, 0.05) is 12.7 Å². The molecule has 0 radical (unpaired) electrons. The summed E-state index contributed by atoms with van der Waals surface area (Å²) in [5.41, 5.74) is 2.19. The zero-order chi connectivity index (χ0) is 18.7. The van der Waals surface area contributed by atoms with E-state index in [1.807, 2.05) is 25.1 Å². The van der Waals surface area contributed by atoms with Crippen molar-refractivity contribution in [2.45, 2.75) is 11.8 Å². The Bertz CT molecular complexity index is 1010. The molecule has 134 valence electrons. The monoisotopic (exact) mass is 386 g/mol. The Morgan fingerprint density at radius 1 is 1.00 bits per heavy atom. The van der Waals surface area contributed by atoms with Crippen LogP contribution in [0.3, 0.4) is 0 Å². The van der Waals surface area contributed by atoms with Crippen LogP contribution >= 0.6 is 11.3 Å². The maximum Gasteiger partial charge on any atom is 0.267 e. The smallest absolute Gasteiger partial charge is 0.267 e. The van der Waals surface area contributed by atoms with E-state index < -0.39 is 15.9 Å². The molecule has 0 fully saturated rings. The van der Waals surface area contributed by atoms with Crippen molar-refractivity contribution in [3.05, 3.63) is 76.5 Å². The van der Waals surface area contributed by atoms with Crippen molar-refractivity contribution in [1.82, 2.24) is 0 Å². The molecule has 1 N–H and O–H groups in total. The van der Waals surface area contributed by atoms with Crippen molar-refractivity contribution >= 4 is 38.6 Å². The molecule has 0 aliphatic rings. The molecular formula is C19H18N2O3S2. The lowest BCUT2D eigenvalue weighted by Gasteiger charge is -2.19. The molecule has 1 aromatic heterocycles.